The first-order valence-corrected chi connectivity index (χ1v) is 14.3. The van der Waals surface area contributed by atoms with Crippen LogP contribution in [0.4, 0.5) is 0 Å². The second kappa shape index (κ2) is 6.74. The van der Waals surface area contributed by atoms with Crippen molar-refractivity contribution in [1.82, 2.24) is 0 Å². The van der Waals surface area contributed by atoms with Gasteiger partial charge in [-0.05, 0) is 81.0 Å². The molecule has 6 aliphatic rings. The molecule has 0 amide bonds. The van der Waals surface area contributed by atoms with Gasteiger partial charge in [0.2, 0.25) is 0 Å². The molecule has 2 saturated heterocycles. The highest BCUT2D eigenvalue weighted by Gasteiger charge is 2.88. The lowest BCUT2D eigenvalue weighted by Crippen LogP contribution is -2.69. The number of epoxide rings is 2. The summed E-state index contributed by atoms with van der Waals surface area (Å²) in [4.78, 5) is 12.9. The fraction of sp³-hybridized carbons (Fsp3) is 0.967. The molecule has 1 spiro atoms. The van der Waals surface area contributed by atoms with Gasteiger partial charge in [-0.3, -0.25) is 4.79 Å². The SMILES string of the molecule is C[C@H](C[C@H](O)[C@H]1OC1(C)C)[C@]12CC[C@@]3(C)[C@@]1(C[C@H](O)C1[C@@]4(C)CCC(=O)C(C)(C)C4CC[C@@]13C)O2. The molecule has 11 atom stereocenters. The minimum absolute atomic E-state index is 0.0158. The Morgan fingerprint density at radius 1 is 1.03 bits per heavy atom. The van der Waals surface area contributed by atoms with Crippen LogP contribution in [0.2, 0.25) is 0 Å². The van der Waals surface area contributed by atoms with Crippen molar-refractivity contribution in [2.45, 2.75) is 142 Å². The van der Waals surface area contributed by atoms with Gasteiger partial charge in [-0.2, -0.15) is 0 Å². The minimum Gasteiger partial charge on any atom is -0.393 e. The van der Waals surface area contributed by atoms with E-state index in [1.807, 2.05) is 13.8 Å². The van der Waals surface area contributed by atoms with Gasteiger partial charge in [0.1, 0.15) is 23.1 Å². The predicted molar refractivity (Wildman–Crippen MR) is 134 cm³/mol. The third kappa shape index (κ3) is 2.68. The summed E-state index contributed by atoms with van der Waals surface area (Å²) >= 11 is 0. The topological polar surface area (TPSA) is 82.6 Å². The molecular formula is C30H48O5. The van der Waals surface area contributed by atoms with Crippen molar-refractivity contribution in [3.63, 3.8) is 0 Å². The van der Waals surface area contributed by atoms with E-state index in [4.69, 9.17) is 9.47 Å². The first kappa shape index (κ1) is 24.8. The number of ether oxygens (including phenoxy) is 2. The molecule has 0 radical (unpaired) electrons. The zero-order valence-electron chi connectivity index (χ0n) is 23.2. The van der Waals surface area contributed by atoms with Crippen molar-refractivity contribution in [2.75, 3.05) is 0 Å². The Labute approximate surface area is 211 Å². The van der Waals surface area contributed by atoms with Gasteiger partial charge in [-0.1, -0.05) is 41.5 Å². The van der Waals surface area contributed by atoms with Crippen LogP contribution in [0.25, 0.3) is 0 Å². The van der Waals surface area contributed by atoms with Crippen LogP contribution in [0.15, 0.2) is 0 Å². The van der Waals surface area contributed by atoms with Crippen LogP contribution in [-0.4, -0.2) is 51.1 Å². The van der Waals surface area contributed by atoms with E-state index >= 15 is 0 Å². The summed E-state index contributed by atoms with van der Waals surface area (Å²) in [5, 5.41) is 22.9. The minimum atomic E-state index is -0.476. The van der Waals surface area contributed by atoms with Crippen molar-refractivity contribution in [3.05, 3.63) is 0 Å². The van der Waals surface area contributed by atoms with E-state index in [1.165, 1.54) is 0 Å². The number of ketones is 1. The summed E-state index contributed by atoms with van der Waals surface area (Å²) in [5.41, 5.74) is -1.20. The molecule has 6 rings (SSSR count). The maximum Gasteiger partial charge on any atom is 0.138 e. The molecule has 198 valence electrons. The molecule has 5 heteroatoms. The molecule has 35 heavy (non-hydrogen) atoms. The van der Waals surface area contributed by atoms with Crippen LogP contribution < -0.4 is 0 Å². The van der Waals surface area contributed by atoms with Crippen molar-refractivity contribution < 1.29 is 24.5 Å². The maximum absolute atomic E-state index is 12.9. The number of carbonyl (C=O) groups excluding carboxylic acids is 1. The van der Waals surface area contributed by atoms with E-state index in [1.54, 1.807) is 0 Å². The zero-order valence-corrected chi connectivity index (χ0v) is 23.2. The highest BCUT2D eigenvalue weighted by atomic mass is 16.6. The Morgan fingerprint density at radius 3 is 2.31 bits per heavy atom. The molecule has 4 aliphatic carbocycles. The molecule has 0 aromatic rings. The molecule has 6 fully saturated rings. The lowest BCUT2D eigenvalue weighted by Gasteiger charge is -2.69. The standard InChI is InChI=1S/C30H48O5/c1-17(15-18(31)23-25(4,5)34-23)29-14-13-28(8)27(7)12-9-20-24(2,3)21(33)10-11-26(20,6)22(27)19(32)16-30(28,29)35-29/h17-20,22-23,31-32H,9-16H2,1-8H3/t17-,18+,19+,20?,22?,23-,26+,27+,28-,29-,30-/m1/s1. The van der Waals surface area contributed by atoms with Gasteiger partial charge in [0.25, 0.3) is 0 Å². The van der Waals surface area contributed by atoms with Gasteiger partial charge in [0.15, 0.2) is 0 Å². The fourth-order valence-corrected chi connectivity index (χ4v) is 11.4. The third-order valence-corrected chi connectivity index (χ3v) is 13.5. The van der Waals surface area contributed by atoms with Gasteiger partial charge in [-0.15, -0.1) is 0 Å². The number of fused-ring (bicyclic) bond motifs is 4. The molecule has 2 unspecified atom stereocenters. The van der Waals surface area contributed by atoms with Crippen molar-refractivity contribution >= 4 is 5.78 Å². The fourth-order valence-electron chi connectivity index (χ4n) is 11.4. The Hall–Kier alpha value is -0.490. The van der Waals surface area contributed by atoms with Gasteiger partial charge < -0.3 is 19.7 Å². The molecule has 2 N–H and O–H groups in total. The monoisotopic (exact) mass is 488 g/mol. The first-order valence-electron chi connectivity index (χ1n) is 14.3. The lowest BCUT2D eigenvalue weighted by molar-refractivity contribution is -0.242. The molecule has 5 nitrogen and oxygen atoms in total. The van der Waals surface area contributed by atoms with Gasteiger partial charge >= 0.3 is 0 Å². The van der Waals surface area contributed by atoms with Crippen molar-refractivity contribution in [3.8, 4) is 0 Å². The molecule has 0 bridgehead atoms. The van der Waals surface area contributed by atoms with Crippen molar-refractivity contribution in [1.29, 1.82) is 0 Å². The number of rotatable bonds is 4. The number of carbonyl (C=O) groups is 1. The number of hydrogen-bond donors (Lipinski definition) is 2. The first-order chi connectivity index (χ1) is 16.0. The average molecular weight is 489 g/mol. The summed E-state index contributed by atoms with van der Waals surface area (Å²) in [7, 11) is 0. The smallest absolute Gasteiger partial charge is 0.138 e. The van der Waals surface area contributed by atoms with Crippen LogP contribution in [0.3, 0.4) is 0 Å². The van der Waals surface area contributed by atoms with E-state index in [-0.39, 0.29) is 56.4 Å². The zero-order chi connectivity index (χ0) is 25.6. The lowest BCUT2D eigenvalue weighted by atomic mass is 9.35. The van der Waals surface area contributed by atoms with Gasteiger partial charge in [0.05, 0.1) is 17.8 Å². The van der Waals surface area contributed by atoms with E-state index in [0.29, 0.717) is 31.0 Å². The van der Waals surface area contributed by atoms with Gasteiger partial charge in [-0.25, -0.2) is 0 Å². The van der Waals surface area contributed by atoms with E-state index < -0.39 is 12.2 Å². The molecule has 0 aromatic carbocycles. The predicted octanol–water partition coefficient (Wildman–Crippen LogP) is 5.05. The van der Waals surface area contributed by atoms with E-state index in [0.717, 1.165) is 32.1 Å². The van der Waals surface area contributed by atoms with E-state index in [2.05, 4.69) is 41.5 Å². The second-order valence-corrected chi connectivity index (χ2v) is 15.4. The van der Waals surface area contributed by atoms with E-state index in [9.17, 15) is 15.0 Å². The summed E-state index contributed by atoms with van der Waals surface area (Å²) in [6.07, 6.45) is 6.12. The largest absolute Gasteiger partial charge is 0.393 e. The van der Waals surface area contributed by atoms with Crippen LogP contribution in [-0.2, 0) is 14.3 Å². The number of aliphatic hydroxyl groups excluding tert-OH is 2. The highest BCUT2D eigenvalue weighted by Crippen LogP contribution is 2.84. The Balaban J connectivity index is 1.32. The second-order valence-electron chi connectivity index (χ2n) is 15.4. The summed E-state index contributed by atoms with van der Waals surface area (Å²) in [5.74, 6) is 1.11. The summed E-state index contributed by atoms with van der Waals surface area (Å²) in [6.45, 7) is 17.9. The van der Waals surface area contributed by atoms with Crippen LogP contribution in [0, 0.1) is 39.4 Å². The van der Waals surface area contributed by atoms with Crippen LogP contribution >= 0.6 is 0 Å². The van der Waals surface area contributed by atoms with Crippen LogP contribution in [0.5, 0.6) is 0 Å². The number of hydrogen-bond acceptors (Lipinski definition) is 5. The van der Waals surface area contributed by atoms with Crippen LogP contribution in [0.1, 0.15) is 107 Å². The number of aliphatic hydroxyl groups is 2. The Kier molecular flexibility index (Phi) is 4.78. The molecule has 2 aliphatic heterocycles. The Morgan fingerprint density at radius 2 is 1.69 bits per heavy atom. The average Bonchev–Trinajstić information content (AvgIpc) is 3.58. The summed E-state index contributed by atoms with van der Waals surface area (Å²) in [6, 6.07) is 0. The molecular weight excluding hydrogens is 440 g/mol. The Bertz CT molecular complexity index is 958. The molecule has 0 aromatic heterocycles. The third-order valence-electron chi connectivity index (χ3n) is 13.5. The highest BCUT2D eigenvalue weighted by molar-refractivity contribution is 5.85. The normalized spacial score (nSPS) is 56.8. The quantitative estimate of drug-likeness (QED) is 0.541. The number of Topliss-reactive ketones (excluding diaryl/α,β-unsaturated/α-hetero) is 1. The maximum atomic E-state index is 12.9. The van der Waals surface area contributed by atoms with Gasteiger partial charge in [0, 0.05) is 23.7 Å². The molecule has 2 heterocycles. The van der Waals surface area contributed by atoms with Crippen molar-refractivity contribution in [2.24, 2.45) is 39.4 Å². The summed E-state index contributed by atoms with van der Waals surface area (Å²) < 4.78 is 12.6. The molecule has 4 saturated carbocycles.